The molecule has 22 heavy (non-hydrogen) atoms. The number of amides is 1. The van der Waals surface area contributed by atoms with E-state index in [1.807, 2.05) is 13.8 Å². The van der Waals surface area contributed by atoms with E-state index in [9.17, 15) is 9.59 Å². The fraction of sp³-hybridized carbons (Fsp3) is 0.500. The predicted octanol–water partition coefficient (Wildman–Crippen LogP) is 2.18. The van der Waals surface area contributed by atoms with Gasteiger partial charge in [-0.15, -0.1) is 0 Å². The van der Waals surface area contributed by atoms with Crippen molar-refractivity contribution >= 4 is 35.1 Å². The Morgan fingerprint density at radius 2 is 1.95 bits per heavy atom. The van der Waals surface area contributed by atoms with Gasteiger partial charge >= 0.3 is 5.97 Å². The SMILES string of the molecule is CC1CN(C(=O)COC(=O)c2nc(Cl)ccc2Cl)CC(C)O1. The first-order valence-electron chi connectivity index (χ1n) is 6.79. The highest BCUT2D eigenvalue weighted by Gasteiger charge is 2.26. The zero-order valence-electron chi connectivity index (χ0n) is 12.2. The molecule has 0 aromatic carbocycles. The van der Waals surface area contributed by atoms with E-state index in [-0.39, 0.29) is 40.6 Å². The van der Waals surface area contributed by atoms with Crippen molar-refractivity contribution in [2.45, 2.75) is 26.1 Å². The van der Waals surface area contributed by atoms with Crippen LogP contribution in [0.4, 0.5) is 0 Å². The molecule has 0 aliphatic carbocycles. The van der Waals surface area contributed by atoms with Crippen LogP contribution in [-0.4, -0.2) is 53.7 Å². The number of hydrogen-bond acceptors (Lipinski definition) is 5. The second-order valence-electron chi connectivity index (χ2n) is 5.10. The summed E-state index contributed by atoms with van der Waals surface area (Å²) in [6.07, 6.45) is -0.0973. The summed E-state index contributed by atoms with van der Waals surface area (Å²) in [5.74, 6) is -1.07. The van der Waals surface area contributed by atoms with Crippen LogP contribution in [0.25, 0.3) is 0 Å². The Hall–Kier alpha value is -1.37. The van der Waals surface area contributed by atoms with Gasteiger partial charge in [-0.3, -0.25) is 4.79 Å². The molecule has 0 radical (unpaired) electrons. The zero-order chi connectivity index (χ0) is 16.3. The molecule has 1 aromatic heterocycles. The van der Waals surface area contributed by atoms with Gasteiger partial charge in [-0.2, -0.15) is 0 Å². The molecule has 1 fully saturated rings. The molecule has 1 saturated heterocycles. The van der Waals surface area contributed by atoms with E-state index in [0.717, 1.165) is 0 Å². The summed E-state index contributed by atoms with van der Waals surface area (Å²) in [4.78, 5) is 29.4. The van der Waals surface area contributed by atoms with Gasteiger partial charge in [0.15, 0.2) is 12.3 Å². The van der Waals surface area contributed by atoms with Gasteiger partial charge in [0.05, 0.1) is 17.2 Å². The maximum absolute atomic E-state index is 12.1. The van der Waals surface area contributed by atoms with Gasteiger partial charge in [-0.25, -0.2) is 9.78 Å². The van der Waals surface area contributed by atoms with E-state index in [4.69, 9.17) is 32.7 Å². The number of rotatable bonds is 3. The number of carbonyl (C=O) groups is 2. The van der Waals surface area contributed by atoms with E-state index in [1.165, 1.54) is 12.1 Å². The Balaban J connectivity index is 1.93. The van der Waals surface area contributed by atoms with Crippen molar-refractivity contribution in [3.63, 3.8) is 0 Å². The van der Waals surface area contributed by atoms with Gasteiger partial charge < -0.3 is 14.4 Å². The number of esters is 1. The molecule has 2 rings (SSSR count). The number of nitrogens with zero attached hydrogens (tertiary/aromatic N) is 2. The van der Waals surface area contributed by atoms with Crippen LogP contribution >= 0.6 is 23.2 Å². The number of morpholine rings is 1. The number of carbonyl (C=O) groups excluding carboxylic acids is 2. The van der Waals surface area contributed by atoms with Crippen molar-refractivity contribution in [3.05, 3.63) is 28.0 Å². The molecule has 2 heterocycles. The van der Waals surface area contributed by atoms with Gasteiger partial charge in [-0.05, 0) is 26.0 Å². The van der Waals surface area contributed by atoms with Crippen molar-refractivity contribution in [2.75, 3.05) is 19.7 Å². The average Bonchev–Trinajstić information content (AvgIpc) is 2.45. The maximum Gasteiger partial charge on any atom is 0.359 e. The Labute approximate surface area is 138 Å². The third-order valence-corrected chi connectivity index (χ3v) is 3.62. The van der Waals surface area contributed by atoms with Gasteiger partial charge in [0.2, 0.25) is 0 Å². The van der Waals surface area contributed by atoms with Crippen molar-refractivity contribution < 1.29 is 19.1 Å². The first-order valence-corrected chi connectivity index (χ1v) is 7.55. The molecule has 2 atom stereocenters. The molecule has 6 nitrogen and oxygen atoms in total. The number of aromatic nitrogens is 1. The Kier molecular flexibility index (Phi) is 5.61. The second-order valence-corrected chi connectivity index (χ2v) is 5.89. The van der Waals surface area contributed by atoms with Crippen LogP contribution in [0, 0.1) is 0 Å². The number of ether oxygens (including phenoxy) is 2. The average molecular weight is 347 g/mol. The summed E-state index contributed by atoms with van der Waals surface area (Å²) >= 11 is 11.6. The summed E-state index contributed by atoms with van der Waals surface area (Å²) in [5, 5.41) is 0.244. The highest BCUT2D eigenvalue weighted by molar-refractivity contribution is 6.34. The van der Waals surface area contributed by atoms with Gasteiger partial charge in [0, 0.05) is 13.1 Å². The summed E-state index contributed by atoms with van der Waals surface area (Å²) in [6, 6.07) is 2.91. The molecule has 8 heteroatoms. The van der Waals surface area contributed by atoms with Crippen LogP contribution in [0.2, 0.25) is 10.2 Å². The largest absolute Gasteiger partial charge is 0.451 e. The second kappa shape index (κ2) is 7.26. The normalized spacial score (nSPS) is 21.5. The lowest BCUT2D eigenvalue weighted by atomic mass is 10.2. The summed E-state index contributed by atoms with van der Waals surface area (Å²) in [7, 11) is 0. The topological polar surface area (TPSA) is 68.7 Å². The lowest BCUT2D eigenvalue weighted by Crippen LogP contribution is -2.49. The minimum Gasteiger partial charge on any atom is -0.451 e. The minimum atomic E-state index is -0.782. The standard InChI is InChI=1S/C14H16Cl2N2O4/c1-8-5-18(6-9(2)22-8)12(19)7-21-14(20)13-10(15)3-4-11(16)17-13/h3-4,8-9H,5-7H2,1-2H3. The van der Waals surface area contributed by atoms with Crippen LogP contribution in [0.1, 0.15) is 24.3 Å². The third kappa shape index (κ3) is 4.32. The van der Waals surface area contributed by atoms with E-state index in [2.05, 4.69) is 4.98 Å². The van der Waals surface area contributed by atoms with Crippen molar-refractivity contribution in [1.29, 1.82) is 0 Å². The highest BCUT2D eigenvalue weighted by atomic mass is 35.5. The fourth-order valence-corrected chi connectivity index (χ4v) is 2.56. The van der Waals surface area contributed by atoms with Crippen molar-refractivity contribution in [1.82, 2.24) is 9.88 Å². The number of halogens is 2. The van der Waals surface area contributed by atoms with E-state index >= 15 is 0 Å². The molecular formula is C14H16Cl2N2O4. The monoisotopic (exact) mass is 346 g/mol. The molecule has 1 aliphatic heterocycles. The van der Waals surface area contributed by atoms with Gasteiger partial charge in [0.25, 0.3) is 5.91 Å². The van der Waals surface area contributed by atoms with E-state index in [0.29, 0.717) is 13.1 Å². The summed E-state index contributed by atoms with van der Waals surface area (Å²) in [5.41, 5.74) is -0.106. The van der Waals surface area contributed by atoms with Crippen LogP contribution in [0.3, 0.4) is 0 Å². The molecule has 0 saturated carbocycles. The lowest BCUT2D eigenvalue weighted by molar-refractivity contribution is -0.146. The van der Waals surface area contributed by atoms with Crippen LogP contribution in [0.5, 0.6) is 0 Å². The first kappa shape index (κ1) is 17.0. The molecule has 2 unspecified atom stereocenters. The number of hydrogen-bond donors (Lipinski definition) is 0. The van der Waals surface area contributed by atoms with Gasteiger partial charge in [-0.1, -0.05) is 23.2 Å². The predicted molar refractivity (Wildman–Crippen MR) is 81.1 cm³/mol. The van der Waals surface area contributed by atoms with E-state index in [1.54, 1.807) is 4.90 Å². The first-order chi connectivity index (χ1) is 10.4. The zero-order valence-corrected chi connectivity index (χ0v) is 13.7. The van der Waals surface area contributed by atoms with E-state index < -0.39 is 5.97 Å². The quantitative estimate of drug-likeness (QED) is 0.619. The Bertz CT molecular complexity index is 572. The Morgan fingerprint density at radius 1 is 1.32 bits per heavy atom. The van der Waals surface area contributed by atoms with Crippen molar-refractivity contribution in [2.24, 2.45) is 0 Å². The molecule has 0 spiro atoms. The summed E-state index contributed by atoms with van der Waals surface area (Å²) < 4.78 is 10.5. The summed E-state index contributed by atoms with van der Waals surface area (Å²) in [6.45, 7) is 4.34. The number of pyridine rings is 1. The van der Waals surface area contributed by atoms with Crippen molar-refractivity contribution in [3.8, 4) is 0 Å². The Morgan fingerprint density at radius 3 is 2.59 bits per heavy atom. The molecular weight excluding hydrogens is 331 g/mol. The molecule has 0 bridgehead atoms. The highest BCUT2D eigenvalue weighted by Crippen LogP contribution is 2.18. The van der Waals surface area contributed by atoms with Gasteiger partial charge in [0.1, 0.15) is 5.15 Å². The molecule has 1 aliphatic rings. The molecule has 1 amide bonds. The van der Waals surface area contributed by atoms with Crippen LogP contribution < -0.4 is 0 Å². The molecule has 1 aromatic rings. The van der Waals surface area contributed by atoms with Crippen LogP contribution in [0.15, 0.2) is 12.1 Å². The maximum atomic E-state index is 12.1. The lowest BCUT2D eigenvalue weighted by Gasteiger charge is -2.35. The third-order valence-electron chi connectivity index (χ3n) is 3.10. The molecule has 120 valence electrons. The fourth-order valence-electron chi connectivity index (χ4n) is 2.23. The molecule has 0 N–H and O–H groups in total. The smallest absolute Gasteiger partial charge is 0.359 e. The van der Waals surface area contributed by atoms with Crippen LogP contribution in [-0.2, 0) is 14.3 Å². The minimum absolute atomic E-state index is 0.0487.